The molecule has 0 saturated carbocycles. The van der Waals surface area contributed by atoms with Gasteiger partial charge in [0, 0.05) is 17.2 Å². The Morgan fingerprint density at radius 2 is 1.61 bits per heavy atom. The predicted octanol–water partition coefficient (Wildman–Crippen LogP) is 6.72. The molecule has 31 heavy (non-hydrogen) atoms. The number of anilines is 1. The van der Waals surface area contributed by atoms with Crippen molar-refractivity contribution < 1.29 is 14.6 Å². The highest BCUT2D eigenvalue weighted by Crippen LogP contribution is 2.33. The zero-order chi connectivity index (χ0) is 22.5. The van der Waals surface area contributed by atoms with Gasteiger partial charge in [0.2, 0.25) is 0 Å². The van der Waals surface area contributed by atoms with E-state index in [0.717, 1.165) is 39.3 Å². The second-order valence-electron chi connectivity index (χ2n) is 7.30. The van der Waals surface area contributed by atoms with E-state index in [1.165, 1.54) is 0 Å². The van der Waals surface area contributed by atoms with Crippen molar-refractivity contribution in [1.29, 1.82) is 0 Å². The van der Waals surface area contributed by atoms with Crippen LogP contribution in [0.2, 0.25) is 0 Å². The van der Waals surface area contributed by atoms with E-state index in [0.29, 0.717) is 6.54 Å². The van der Waals surface area contributed by atoms with Crippen molar-refractivity contribution in [2.75, 3.05) is 12.0 Å². The van der Waals surface area contributed by atoms with Gasteiger partial charge in [-0.15, -0.1) is 0 Å². The summed E-state index contributed by atoms with van der Waals surface area (Å²) < 4.78 is 5.22. The van der Waals surface area contributed by atoms with Crippen LogP contribution in [-0.2, 0) is 6.54 Å². The van der Waals surface area contributed by atoms with Gasteiger partial charge in [-0.3, -0.25) is 4.79 Å². The van der Waals surface area contributed by atoms with Crippen LogP contribution in [0.25, 0.3) is 11.1 Å². The molecular weight excluding hydrogens is 386 g/mol. The molecule has 1 amide bonds. The first-order valence-electron chi connectivity index (χ1n) is 10.5. The van der Waals surface area contributed by atoms with E-state index >= 15 is 0 Å². The number of methoxy groups -OCH3 is 1. The number of aliphatic hydroxyl groups is 1. The Morgan fingerprint density at radius 3 is 2.19 bits per heavy atom. The van der Waals surface area contributed by atoms with Gasteiger partial charge in [0.15, 0.2) is 0 Å². The van der Waals surface area contributed by atoms with Crippen LogP contribution < -0.4 is 9.64 Å². The number of fused-ring (bicyclic) bond motifs is 1. The largest absolute Gasteiger partial charge is 0.512 e. The van der Waals surface area contributed by atoms with Crippen molar-refractivity contribution in [3.63, 3.8) is 0 Å². The molecule has 0 aliphatic carbocycles. The number of rotatable bonds is 5. The molecule has 4 heteroatoms. The lowest BCUT2D eigenvalue weighted by atomic mass is 9.99. The second kappa shape index (κ2) is 9.52. The summed E-state index contributed by atoms with van der Waals surface area (Å²) >= 11 is 0. The van der Waals surface area contributed by atoms with Gasteiger partial charge in [0.05, 0.1) is 19.4 Å². The lowest BCUT2D eigenvalue weighted by Gasteiger charge is -2.17. The van der Waals surface area contributed by atoms with Crippen molar-refractivity contribution in [1.82, 2.24) is 0 Å². The molecule has 1 aliphatic heterocycles. The van der Waals surface area contributed by atoms with E-state index < -0.39 is 0 Å². The summed E-state index contributed by atoms with van der Waals surface area (Å²) in [5.74, 6) is 0.804. The van der Waals surface area contributed by atoms with Crippen LogP contribution >= 0.6 is 0 Å². The number of amides is 1. The van der Waals surface area contributed by atoms with Crippen molar-refractivity contribution in [3.8, 4) is 16.9 Å². The molecule has 3 aromatic carbocycles. The Kier molecular flexibility index (Phi) is 6.81. The molecule has 3 aromatic rings. The van der Waals surface area contributed by atoms with E-state index in [-0.39, 0.29) is 17.6 Å². The number of hydrogen-bond donors (Lipinski definition) is 1. The SMILES string of the molecule is C=C(O)C(C)c1ccc(N2Cc3ccc(-c4ccc(OC)cc4)cc3C2=O)cc1.CC. The van der Waals surface area contributed by atoms with Gasteiger partial charge >= 0.3 is 0 Å². The first-order chi connectivity index (χ1) is 15.0. The molecule has 0 saturated heterocycles. The van der Waals surface area contributed by atoms with Gasteiger partial charge in [0.25, 0.3) is 5.91 Å². The molecule has 1 atom stereocenters. The molecular formula is C27H29NO3. The van der Waals surface area contributed by atoms with Gasteiger partial charge in [-0.2, -0.15) is 0 Å². The second-order valence-corrected chi connectivity index (χ2v) is 7.30. The van der Waals surface area contributed by atoms with Gasteiger partial charge in [-0.1, -0.05) is 63.7 Å². The third kappa shape index (κ3) is 4.48. The van der Waals surface area contributed by atoms with Crippen LogP contribution in [0.5, 0.6) is 5.75 Å². The van der Waals surface area contributed by atoms with Crippen LogP contribution in [0.1, 0.15) is 48.2 Å². The number of aliphatic hydroxyl groups excluding tert-OH is 1. The lowest BCUT2D eigenvalue weighted by molar-refractivity contribution is 0.0996. The topological polar surface area (TPSA) is 49.8 Å². The highest BCUT2D eigenvalue weighted by Gasteiger charge is 2.29. The molecule has 1 heterocycles. The van der Waals surface area contributed by atoms with E-state index in [4.69, 9.17) is 4.74 Å². The fraction of sp³-hybridized carbons (Fsp3) is 0.222. The average Bonchev–Trinajstić information content (AvgIpc) is 3.15. The summed E-state index contributed by atoms with van der Waals surface area (Å²) in [5.41, 5.74) is 5.62. The van der Waals surface area contributed by atoms with Gasteiger partial charge in [-0.25, -0.2) is 0 Å². The normalized spacial score (nSPS) is 13.2. The van der Waals surface area contributed by atoms with Crippen molar-refractivity contribution in [3.05, 3.63) is 95.8 Å². The van der Waals surface area contributed by atoms with E-state index in [1.807, 2.05) is 81.4 Å². The number of carbonyl (C=O) groups excluding carboxylic acids is 1. The molecule has 160 valence electrons. The number of carbonyl (C=O) groups is 1. The van der Waals surface area contributed by atoms with Crippen molar-refractivity contribution in [2.24, 2.45) is 0 Å². The number of nitrogens with zero attached hydrogens (tertiary/aromatic N) is 1. The number of allylic oxidation sites excluding steroid dienone is 1. The molecule has 0 spiro atoms. The summed E-state index contributed by atoms with van der Waals surface area (Å²) in [6, 6.07) is 21.6. The van der Waals surface area contributed by atoms with E-state index in [9.17, 15) is 9.90 Å². The number of hydrogen-bond acceptors (Lipinski definition) is 3. The summed E-state index contributed by atoms with van der Waals surface area (Å²) in [6.45, 7) is 10.0. The minimum atomic E-state index is -0.136. The molecule has 4 nitrogen and oxygen atoms in total. The van der Waals surface area contributed by atoms with Crippen LogP contribution in [-0.4, -0.2) is 18.1 Å². The predicted molar refractivity (Wildman–Crippen MR) is 127 cm³/mol. The minimum Gasteiger partial charge on any atom is -0.512 e. The third-order valence-electron chi connectivity index (χ3n) is 5.54. The Bertz CT molecular complexity index is 1070. The van der Waals surface area contributed by atoms with Gasteiger partial charge in [-0.05, 0) is 52.6 Å². The maximum Gasteiger partial charge on any atom is 0.258 e. The molecule has 0 fully saturated rings. The first-order valence-corrected chi connectivity index (χ1v) is 10.5. The average molecular weight is 416 g/mol. The standard InChI is InChI=1S/C25H23NO3.C2H6/c1-16(17(2)27)18-6-10-22(11-7-18)26-15-21-5-4-20(14-24(21)25(26)28)19-8-12-23(29-3)13-9-19;1-2/h4-14,16,27H,2,15H2,1,3H3;1-2H3. The highest BCUT2D eigenvalue weighted by atomic mass is 16.5. The Labute approximate surface area is 184 Å². The molecule has 1 aliphatic rings. The van der Waals surface area contributed by atoms with E-state index in [1.54, 1.807) is 12.0 Å². The fourth-order valence-electron chi connectivity index (χ4n) is 3.61. The van der Waals surface area contributed by atoms with E-state index in [2.05, 4.69) is 12.6 Å². The quantitative estimate of drug-likeness (QED) is 0.470. The van der Waals surface area contributed by atoms with Crippen LogP contribution in [0, 0.1) is 0 Å². The molecule has 0 bridgehead atoms. The van der Waals surface area contributed by atoms with Crippen molar-refractivity contribution >= 4 is 11.6 Å². The summed E-state index contributed by atoms with van der Waals surface area (Å²) in [6.07, 6.45) is 0. The van der Waals surface area contributed by atoms with Crippen LogP contribution in [0.15, 0.2) is 79.1 Å². The monoisotopic (exact) mass is 415 g/mol. The number of benzene rings is 3. The number of ether oxygens (including phenoxy) is 1. The Hall–Kier alpha value is -3.53. The van der Waals surface area contributed by atoms with Crippen LogP contribution in [0.4, 0.5) is 5.69 Å². The third-order valence-corrected chi connectivity index (χ3v) is 5.54. The maximum atomic E-state index is 13.1. The Balaban J connectivity index is 0.00000132. The lowest BCUT2D eigenvalue weighted by Crippen LogP contribution is -2.22. The molecule has 1 N–H and O–H groups in total. The van der Waals surface area contributed by atoms with Crippen molar-refractivity contribution in [2.45, 2.75) is 33.2 Å². The van der Waals surface area contributed by atoms with Gasteiger partial charge in [0.1, 0.15) is 5.75 Å². The van der Waals surface area contributed by atoms with Gasteiger partial charge < -0.3 is 14.7 Å². The molecule has 1 unspecified atom stereocenters. The smallest absolute Gasteiger partial charge is 0.258 e. The zero-order valence-electron chi connectivity index (χ0n) is 18.6. The summed E-state index contributed by atoms with van der Waals surface area (Å²) in [4.78, 5) is 14.8. The highest BCUT2D eigenvalue weighted by molar-refractivity contribution is 6.10. The van der Waals surface area contributed by atoms with Crippen LogP contribution in [0.3, 0.4) is 0 Å². The summed E-state index contributed by atoms with van der Waals surface area (Å²) in [5, 5.41) is 9.60. The Morgan fingerprint density at radius 1 is 1.00 bits per heavy atom. The maximum absolute atomic E-state index is 13.1. The molecule has 0 aromatic heterocycles. The fourth-order valence-corrected chi connectivity index (χ4v) is 3.61. The summed E-state index contributed by atoms with van der Waals surface area (Å²) in [7, 11) is 1.64. The molecule has 0 radical (unpaired) electrons. The molecule has 4 rings (SSSR count). The zero-order valence-corrected chi connectivity index (χ0v) is 18.6. The first kappa shape index (κ1) is 22.2. The minimum absolute atomic E-state index is 0.00253.